The molecule has 0 spiro atoms. The summed E-state index contributed by atoms with van der Waals surface area (Å²) in [5.41, 5.74) is 1.33. The molecule has 2 nitrogen and oxygen atoms in total. The summed E-state index contributed by atoms with van der Waals surface area (Å²) in [6.45, 7) is 1.20. The summed E-state index contributed by atoms with van der Waals surface area (Å²) in [5.74, 6) is 0. The van der Waals surface area contributed by atoms with E-state index in [-0.39, 0.29) is 0 Å². The number of aromatic nitrogens is 1. The van der Waals surface area contributed by atoms with Gasteiger partial charge in [0.25, 0.3) is 0 Å². The largest absolute Gasteiger partial charge is 0.299 e. The Morgan fingerprint density at radius 2 is 2.36 bits per heavy atom. The first-order valence-corrected chi connectivity index (χ1v) is 5.89. The predicted molar refractivity (Wildman–Crippen MR) is 61.2 cm³/mol. The van der Waals surface area contributed by atoms with Crippen LogP contribution in [0.1, 0.15) is 30.9 Å². The van der Waals surface area contributed by atoms with Crippen molar-refractivity contribution in [2.45, 2.75) is 25.3 Å². The Bertz CT molecular complexity index is 314. The molecule has 76 valence electrons. The molecule has 0 N–H and O–H groups in total. The summed E-state index contributed by atoms with van der Waals surface area (Å²) in [7, 11) is 2.20. The number of pyridine rings is 1. The number of rotatable bonds is 1. The molecule has 0 unspecified atom stereocenters. The van der Waals surface area contributed by atoms with Gasteiger partial charge in [0.2, 0.25) is 0 Å². The smallest absolute Gasteiger partial charge is 0.110 e. The highest BCUT2D eigenvalue weighted by Crippen LogP contribution is 2.32. The molecule has 1 aliphatic rings. The van der Waals surface area contributed by atoms with Crippen LogP contribution in [0.15, 0.2) is 22.9 Å². The molecular weight excluding hydrogens is 240 g/mol. The Kier molecular flexibility index (Phi) is 3.19. The van der Waals surface area contributed by atoms with Crippen LogP contribution in [0.4, 0.5) is 0 Å². The summed E-state index contributed by atoms with van der Waals surface area (Å²) in [6.07, 6.45) is 5.73. The molecule has 1 atom stereocenters. The maximum atomic E-state index is 4.28. The molecule has 0 aromatic carbocycles. The van der Waals surface area contributed by atoms with Gasteiger partial charge in [-0.25, -0.2) is 4.98 Å². The van der Waals surface area contributed by atoms with Crippen LogP contribution < -0.4 is 0 Å². The number of nitrogens with zero attached hydrogens (tertiary/aromatic N) is 2. The minimum absolute atomic E-state index is 0.548. The SMILES string of the molecule is CN1CCCC[C@H]1c1cccnc1Br. The molecule has 2 heterocycles. The van der Waals surface area contributed by atoms with Gasteiger partial charge in [0.1, 0.15) is 4.60 Å². The number of hydrogen-bond acceptors (Lipinski definition) is 2. The average Bonchev–Trinajstić information content (AvgIpc) is 2.20. The third-order valence-electron chi connectivity index (χ3n) is 2.92. The van der Waals surface area contributed by atoms with Crippen molar-refractivity contribution < 1.29 is 0 Å². The summed E-state index contributed by atoms with van der Waals surface area (Å²) >= 11 is 3.52. The molecule has 0 saturated carbocycles. The molecule has 3 heteroatoms. The van der Waals surface area contributed by atoms with E-state index in [1.165, 1.54) is 31.4 Å². The topological polar surface area (TPSA) is 16.1 Å². The minimum atomic E-state index is 0.548. The van der Waals surface area contributed by atoms with Crippen molar-refractivity contribution in [1.29, 1.82) is 0 Å². The molecule has 14 heavy (non-hydrogen) atoms. The lowest BCUT2D eigenvalue weighted by Gasteiger charge is -2.32. The van der Waals surface area contributed by atoms with Gasteiger partial charge in [-0.1, -0.05) is 12.5 Å². The Morgan fingerprint density at radius 3 is 3.07 bits per heavy atom. The van der Waals surface area contributed by atoms with Crippen LogP contribution >= 0.6 is 15.9 Å². The van der Waals surface area contributed by atoms with E-state index in [1.807, 2.05) is 12.3 Å². The maximum absolute atomic E-state index is 4.28. The monoisotopic (exact) mass is 254 g/mol. The van der Waals surface area contributed by atoms with Gasteiger partial charge in [0.15, 0.2) is 0 Å². The van der Waals surface area contributed by atoms with Crippen LogP contribution in [0.25, 0.3) is 0 Å². The zero-order valence-electron chi connectivity index (χ0n) is 8.41. The Morgan fingerprint density at radius 1 is 1.50 bits per heavy atom. The Hall–Kier alpha value is -0.410. The summed E-state index contributed by atoms with van der Waals surface area (Å²) in [4.78, 5) is 6.70. The summed E-state index contributed by atoms with van der Waals surface area (Å²) in [5, 5.41) is 0. The molecule has 1 aromatic rings. The van der Waals surface area contributed by atoms with Crippen LogP contribution in [-0.2, 0) is 0 Å². The van der Waals surface area contributed by atoms with Crippen molar-refractivity contribution in [2.24, 2.45) is 0 Å². The van der Waals surface area contributed by atoms with E-state index >= 15 is 0 Å². The van der Waals surface area contributed by atoms with E-state index in [4.69, 9.17) is 0 Å². The fraction of sp³-hybridized carbons (Fsp3) is 0.545. The van der Waals surface area contributed by atoms with E-state index in [0.29, 0.717) is 6.04 Å². The lowest BCUT2D eigenvalue weighted by atomic mass is 9.97. The maximum Gasteiger partial charge on any atom is 0.110 e. The molecule has 0 aliphatic carbocycles. The van der Waals surface area contributed by atoms with Gasteiger partial charge in [-0.2, -0.15) is 0 Å². The van der Waals surface area contributed by atoms with Crippen molar-refractivity contribution in [3.8, 4) is 0 Å². The van der Waals surface area contributed by atoms with Gasteiger partial charge in [-0.15, -0.1) is 0 Å². The van der Waals surface area contributed by atoms with Crippen LogP contribution in [0.3, 0.4) is 0 Å². The third kappa shape index (κ3) is 1.98. The fourth-order valence-electron chi connectivity index (χ4n) is 2.12. The number of hydrogen-bond donors (Lipinski definition) is 0. The highest BCUT2D eigenvalue weighted by Gasteiger charge is 2.22. The van der Waals surface area contributed by atoms with Gasteiger partial charge in [-0.3, -0.25) is 4.90 Å². The molecule has 2 rings (SSSR count). The zero-order valence-corrected chi connectivity index (χ0v) is 10.00. The number of halogens is 1. The van der Waals surface area contributed by atoms with Crippen LogP contribution in [0.5, 0.6) is 0 Å². The van der Waals surface area contributed by atoms with Gasteiger partial charge in [-0.05, 0) is 48.4 Å². The zero-order chi connectivity index (χ0) is 9.97. The van der Waals surface area contributed by atoms with Gasteiger partial charge < -0.3 is 0 Å². The fourth-order valence-corrected chi connectivity index (χ4v) is 2.63. The molecule has 0 bridgehead atoms. The van der Waals surface area contributed by atoms with Crippen LogP contribution in [0.2, 0.25) is 0 Å². The molecule has 0 amide bonds. The van der Waals surface area contributed by atoms with Crippen molar-refractivity contribution in [2.75, 3.05) is 13.6 Å². The van der Waals surface area contributed by atoms with Crippen LogP contribution in [-0.4, -0.2) is 23.5 Å². The Labute approximate surface area is 93.5 Å². The lowest BCUT2D eigenvalue weighted by molar-refractivity contribution is 0.186. The third-order valence-corrected chi connectivity index (χ3v) is 3.58. The average molecular weight is 255 g/mol. The molecule has 1 saturated heterocycles. The molecule has 1 fully saturated rings. The highest BCUT2D eigenvalue weighted by atomic mass is 79.9. The summed E-state index contributed by atoms with van der Waals surface area (Å²) < 4.78 is 0.999. The van der Waals surface area contributed by atoms with Crippen molar-refractivity contribution in [1.82, 2.24) is 9.88 Å². The van der Waals surface area contributed by atoms with E-state index in [1.54, 1.807) is 0 Å². The standard InChI is InChI=1S/C11H15BrN2/c1-14-8-3-2-6-10(14)9-5-4-7-13-11(9)12/h4-5,7,10H,2-3,6,8H2,1H3/t10-/m0/s1. The molecule has 0 radical (unpaired) electrons. The first kappa shape index (κ1) is 10.1. The van der Waals surface area contributed by atoms with Gasteiger partial charge >= 0.3 is 0 Å². The number of piperidine rings is 1. The van der Waals surface area contributed by atoms with E-state index in [2.05, 4.69) is 38.9 Å². The number of likely N-dealkylation sites (tertiary alicyclic amines) is 1. The minimum Gasteiger partial charge on any atom is -0.299 e. The van der Waals surface area contributed by atoms with Crippen molar-refractivity contribution in [3.63, 3.8) is 0 Å². The first-order valence-electron chi connectivity index (χ1n) is 5.09. The van der Waals surface area contributed by atoms with Crippen LogP contribution in [0, 0.1) is 0 Å². The quantitative estimate of drug-likeness (QED) is 0.717. The van der Waals surface area contributed by atoms with Crippen molar-refractivity contribution in [3.05, 3.63) is 28.5 Å². The second kappa shape index (κ2) is 4.41. The van der Waals surface area contributed by atoms with Gasteiger partial charge in [0, 0.05) is 17.8 Å². The second-order valence-electron chi connectivity index (χ2n) is 3.88. The van der Waals surface area contributed by atoms with E-state index in [9.17, 15) is 0 Å². The molecular formula is C11H15BrN2. The predicted octanol–water partition coefficient (Wildman–Crippen LogP) is 3.00. The lowest BCUT2D eigenvalue weighted by Crippen LogP contribution is -2.29. The van der Waals surface area contributed by atoms with E-state index < -0.39 is 0 Å². The Balaban J connectivity index is 2.25. The molecule has 1 aliphatic heterocycles. The van der Waals surface area contributed by atoms with Crippen molar-refractivity contribution >= 4 is 15.9 Å². The van der Waals surface area contributed by atoms with Gasteiger partial charge in [0.05, 0.1) is 0 Å². The normalized spacial score (nSPS) is 23.7. The molecule has 1 aromatic heterocycles. The van der Waals surface area contributed by atoms with E-state index in [0.717, 1.165) is 4.60 Å². The first-order chi connectivity index (χ1) is 6.79. The summed E-state index contributed by atoms with van der Waals surface area (Å²) in [6, 6.07) is 4.73. The highest BCUT2D eigenvalue weighted by molar-refractivity contribution is 9.10. The second-order valence-corrected chi connectivity index (χ2v) is 4.63.